The van der Waals surface area contributed by atoms with Crippen LogP contribution in [0.4, 0.5) is 11.5 Å². The standard InChI is InChI=1S/C22H24N4O2/c1-16(2)12-24-21-14-23-20(13-25-21)22(27)26-18-8-10-19(11-9-18)28-15-17-6-4-3-5-7-17/h3-11,13-14,16H,12,15H2,1-2H3,(H,24,25)(H,26,27). The second-order valence-electron chi connectivity index (χ2n) is 6.81. The van der Waals surface area contributed by atoms with E-state index < -0.39 is 0 Å². The third-order valence-electron chi connectivity index (χ3n) is 3.94. The SMILES string of the molecule is CC(C)CNc1cnc(C(=O)Nc2ccc(OCc3ccccc3)cc2)cn1. The molecule has 0 bridgehead atoms. The highest BCUT2D eigenvalue weighted by atomic mass is 16.5. The molecule has 144 valence electrons. The number of hydrogen-bond donors (Lipinski definition) is 2. The zero-order valence-electron chi connectivity index (χ0n) is 16.1. The number of nitrogens with one attached hydrogen (secondary N) is 2. The van der Waals surface area contributed by atoms with E-state index in [0.717, 1.165) is 17.9 Å². The van der Waals surface area contributed by atoms with Crippen LogP contribution in [-0.4, -0.2) is 22.4 Å². The minimum atomic E-state index is -0.305. The van der Waals surface area contributed by atoms with Gasteiger partial charge in [0.1, 0.15) is 23.9 Å². The van der Waals surface area contributed by atoms with Gasteiger partial charge in [0.15, 0.2) is 0 Å². The second-order valence-corrected chi connectivity index (χ2v) is 6.81. The topological polar surface area (TPSA) is 76.1 Å². The Labute approximate surface area is 165 Å². The molecule has 0 saturated carbocycles. The lowest BCUT2D eigenvalue weighted by Crippen LogP contribution is -2.15. The Hall–Kier alpha value is -3.41. The van der Waals surface area contributed by atoms with Crippen molar-refractivity contribution < 1.29 is 9.53 Å². The maximum Gasteiger partial charge on any atom is 0.275 e. The van der Waals surface area contributed by atoms with Gasteiger partial charge in [-0.3, -0.25) is 4.79 Å². The Balaban J connectivity index is 1.52. The van der Waals surface area contributed by atoms with Crippen molar-refractivity contribution in [2.24, 2.45) is 5.92 Å². The van der Waals surface area contributed by atoms with Gasteiger partial charge in [0.05, 0.1) is 12.4 Å². The van der Waals surface area contributed by atoms with Gasteiger partial charge in [0.25, 0.3) is 5.91 Å². The van der Waals surface area contributed by atoms with Crippen molar-refractivity contribution in [1.82, 2.24) is 9.97 Å². The number of aromatic nitrogens is 2. The number of nitrogens with zero attached hydrogens (tertiary/aromatic N) is 2. The first-order valence-corrected chi connectivity index (χ1v) is 9.24. The molecule has 2 aromatic carbocycles. The van der Waals surface area contributed by atoms with Crippen molar-refractivity contribution in [2.45, 2.75) is 20.5 Å². The number of carbonyl (C=O) groups is 1. The van der Waals surface area contributed by atoms with Gasteiger partial charge < -0.3 is 15.4 Å². The lowest BCUT2D eigenvalue weighted by atomic mass is 10.2. The highest BCUT2D eigenvalue weighted by molar-refractivity contribution is 6.02. The number of carbonyl (C=O) groups excluding carboxylic acids is 1. The van der Waals surface area contributed by atoms with Crippen LogP contribution >= 0.6 is 0 Å². The summed E-state index contributed by atoms with van der Waals surface area (Å²) in [6, 6.07) is 17.2. The molecule has 1 heterocycles. The van der Waals surface area contributed by atoms with Gasteiger partial charge in [-0.2, -0.15) is 0 Å². The zero-order chi connectivity index (χ0) is 19.8. The number of rotatable bonds is 8. The molecule has 0 unspecified atom stereocenters. The molecule has 6 nitrogen and oxygen atoms in total. The Morgan fingerprint density at radius 1 is 1.00 bits per heavy atom. The van der Waals surface area contributed by atoms with Crippen molar-refractivity contribution in [3.8, 4) is 5.75 Å². The van der Waals surface area contributed by atoms with E-state index >= 15 is 0 Å². The van der Waals surface area contributed by atoms with Crippen LogP contribution < -0.4 is 15.4 Å². The zero-order valence-corrected chi connectivity index (χ0v) is 16.1. The van der Waals surface area contributed by atoms with E-state index in [2.05, 4.69) is 34.4 Å². The fourth-order valence-corrected chi connectivity index (χ4v) is 2.42. The molecule has 1 aromatic heterocycles. The van der Waals surface area contributed by atoms with E-state index in [1.165, 1.54) is 6.20 Å². The molecule has 0 fully saturated rings. The first-order valence-electron chi connectivity index (χ1n) is 9.24. The maximum atomic E-state index is 12.3. The van der Waals surface area contributed by atoms with Gasteiger partial charge in [0, 0.05) is 12.2 Å². The highest BCUT2D eigenvalue weighted by Gasteiger charge is 2.09. The van der Waals surface area contributed by atoms with Gasteiger partial charge in [-0.05, 0) is 35.7 Å². The van der Waals surface area contributed by atoms with E-state index in [4.69, 9.17) is 4.74 Å². The molecular weight excluding hydrogens is 352 g/mol. The number of ether oxygens (including phenoxy) is 1. The molecule has 0 aliphatic carbocycles. The Kier molecular flexibility index (Phi) is 6.57. The van der Waals surface area contributed by atoms with Crippen LogP contribution in [0.5, 0.6) is 5.75 Å². The first-order chi connectivity index (χ1) is 13.6. The van der Waals surface area contributed by atoms with Crippen molar-refractivity contribution in [3.05, 3.63) is 78.2 Å². The molecule has 0 spiro atoms. The van der Waals surface area contributed by atoms with Gasteiger partial charge in [-0.15, -0.1) is 0 Å². The van der Waals surface area contributed by atoms with Crippen LogP contribution in [0, 0.1) is 5.92 Å². The average Bonchev–Trinajstić information content (AvgIpc) is 2.73. The first kappa shape index (κ1) is 19.4. The largest absolute Gasteiger partial charge is 0.489 e. The third-order valence-corrected chi connectivity index (χ3v) is 3.94. The number of amides is 1. The molecule has 0 aliphatic heterocycles. The summed E-state index contributed by atoms with van der Waals surface area (Å²) in [4.78, 5) is 20.7. The Morgan fingerprint density at radius 2 is 1.75 bits per heavy atom. The van der Waals surface area contributed by atoms with Gasteiger partial charge >= 0.3 is 0 Å². The van der Waals surface area contributed by atoms with E-state index in [1.54, 1.807) is 18.3 Å². The normalized spacial score (nSPS) is 10.5. The highest BCUT2D eigenvalue weighted by Crippen LogP contribution is 2.17. The summed E-state index contributed by atoms with van der Waals surface area (Å²) in [6.45, 7) is 5.53. The summed E-state index contributed by atoms with van der Waals surface area (Å²) in [5.74, 6) is 1.60. The molecule has 6 heteroatoms. The van der Waals surface area contributed by atoms with Crippen LogP contribution in [0.25, 0.3) is 0 Å². The average molecular weight is 376 g/mol. The smallest absolute Gasteiger partial charge is 0.275 e. The summed E-state index contributed by atoms with van der Waals surface area (Å²) in [6.07, 6.45) is 3.03. The lowest BCUT2D eigenvalue weighted by Gasteiger charge is -2.09. The Bertz CT molecular complexity index is 879. The quantitative estimate of drug-likeness (QED) is 0.610. The molecule has 3 aromatic rings. The summed E-state index contributed by atoms with van der Waals surface area (Å²) >= 11 is 0. The van der Waals surface area contributed by atoms with Gasteiger partial charge in [-0.1, -0.05) is 44.2 Å². The number of anilines is 2. The third kappa shape index (κ3) is 5.81. The summed E-state index contributed by atoms with van der Waals surface area (Å²) in [5, 5.41) is 5.98. The Morgan fingerprint density at radius 3 is 2.39 bits per heavy atom. The molecule has 3 rings (SSSR count). The van der Waals surface area contributed by atoms with Crippen LogP contribution in [0.2, 0.25) is 0 Å². The van der Waals surface area contributed by atoms with Crippen LogP contribution in [0.15, 0.2) is 67.0 Å². The van der Waals surface area contributed by atoms with E-state index in [-0.39, 0.29) is 11.6 Å². The fraction of sp³-hybridized carbons (Fsp3) is 0.227. The van der Waals surface area contributed by atoms with Crippen LogP contribution in [0.3, 0.4) is 0 Å². The summed E-state index contributed by atoms with van der Waals surface area (Å²) in [5.41, 5.74) is 2.03. The molecule has 1 amide bonds. The van der Waals surface area contributed by atoms with E-state index in [0.29, 0.717) is 24.0 Å². The van der Waals surface area contributed by atoms with Gasteiger partial charge in [-0.25, -0.2) is 9.97 Å². The minimum Gasteiger partial charge on any atom is -0.489 e. The van der Waals surface area contributed by atoms with Gasteiger partial charge in [0.2, 0.25) is 0 Å². The molecule has 0 atom stereocenters. The predicted octanol–water partition coefficient (Wildman–Crippen LogP) is 4.38. The molecule has 0 radical (unpaired) electrons. The van der Waals surface area contributed by atoms with E-state index in [9.17, 15) is 4.79 Å². The minimum absolute atomic E-state index is 0.263. The number of hydrogen-bond acceptors (Lipinski definition) is 5. The second kappa shape index (κ2) is 9.50. The maximum absolute atomic E-state index is 12.3. The molecular formula is C22H24N4O2. The summed E-state index contributed by atoms with van der Waals surface area (Å²) in [7, 11) is 0. The van der Waals surface area contributed by atoms with Crippen molar-refractivity contribution in [3.63, 3.8) is 0 Å². The van der Waals surface area contributed by atoms with Crippen molar-refractivity contribution in [1.29, 1.82) is 0 Å². The van der Waals surface area contributed by atoms with Crippen molar-refractivity contribution in [2.75, 3.05) is 17.2 Å². The summed E-state index contributed by atoms with van der Waals surface area (Å²) < 4.78 is 5.75. The number of benzene rings is 2. The van der Waals surface area contributed by atoms with E-state index in [1.807, 2.05) is 42.5 Å². The molecule has 2 N–H and O–H groups in total. The molecule has 0 saturated heterocycles. The molecule has 28 heavy (non-hydrogen) atoms. The lowest BCUT2D eigenvalue weighted by molar-refractivity contribution is 0.102. The predicted molar refractivity (Wildman–Crippen MR) is 111 cm³/mol. The molecule has 0 aliphatic rings. The van der Waals surface area contributed by atoms with Crippen molar-refractivity contribution >= 4 is 17.4 Å². The fourth-order valence-electron chi connectivity index (χ4n) is 2.42. The van der Waals surface area contributed by atoms with Crippen LogP contribution in [0.1, 0.15) is 29.9 Å². The monoisotopic (exact) mass is 376 g/mol. The van der Waals surface area contributed by atoms with Crippen LogP contribution in [-0.2, 0) is 6.61 Å².